The van der Waals surface area contributed by atoms with Crippen LogP contribution in [0.25, 0.3) is 0 Å². The molecule has 0 spiro atoms. The molecule has 0 heterocycles. The molecule has 78 valence electrons. The van der Waals surface area contributed by atoms with E-state index >= 15 is 0 Å². The van der Waals surface area contributed by atoms with Crippen LogP contribution in [0.5, 0.6) is 0 Å². The summed E-state index contributed by atoms with van der Waals surface area (Å²) in [6.45, 7) is 4.47. The summed E-state index contributed by atoms with van der Waals surface area (Å²) < 4.78 is 4.89. The van der Waals surface area contributed by atoms with E-state index in [2.05, 4.69) is 25.2 Å². The summed E-state index contributed by atoms with van der Waals surface area (Å²) in [5, 5.41) is 0. The van der Waals surface area contributed by atoms with Gasteiger partial charge in [-0.25, -0.2) is 0 Å². The molecule has 0 aromatic heterocycles. The highest BCUT2D eigenvalue weighted by molar-refractivity contribution is 5.69. The van der Waals surface area contributed by atoms with Crippen molar-refractivity contribution in [2.45, 2.75) is 33.1 Å². The van der Waals surface area contributed by atoms with Gasteiger partial charge >= 0.3 is 5.97 Å². The maximum atomic E-state index is 11.1. The van der Waals surface area contributed by atoms with Gasteiger partial charge in [-0.05, 0) is 25.7 Å². The second-order valence-corrected chi connectivity index (χ2v) is 3.43. The molecule has 0 saturated carbocycles. The number of esters is 1. The number of carbonyl (C=O) groups is 1. The van der Waals surface area contributed by atoms with Crippen molar-refractivity contribution >= 4 is 5.97 Å². The molecule has 0 aliphatic heterocycles. The van der Waals surface area contributed by atoms with E-state index < -0.39 is 0 Å². The van der Waals surface area contributed by atoms with E-state index in [0.29, 0.717) is 18.9 Å². The molecule has 0 aromatic carbocycles. The summed E-state index contributed by atoms with van der Waals surface area (Å²) in [4.78, 5) is 11.1. The van der Waals surface area contributed by atoms with Crippen LogP contribution in [0.2, 0.25) is 0 Å². The third-order valence-corrected chi connectivity index (χ3v) is 2.50. The average Bonchev–Trinajstić information content (AvgIpc) is 2.62. The van der Waals surface area contributed by atoms with E-state index in [9.17, 15) is 4.79 Å². The largest absolute Gasteiger partial charge is 0.466 e. The van der Waals surface area contributed by atoms with Crippen LogP contribution in [0.3, 0.4) is 0 Å². The van der Waals surface area contributed by atoms with Gasteiger partial charge in [-0.15, -0.1) is 0 Å². The topological polar surface area (TPSA) is 26.3 Å². The van der Waals surface area contributed by atoms with Crippen molar-refractivity contribution in [3.05, 3.63) is 23.8 Å². The van der Waals surface area contributed by atoms with Crippen LogP contribution in [0.4, 0.5) is 0 Å². The summed E-state index contributed by atoms with van der Waals surface area (Å²) in [6, 6.07) is 0. The summed E-state index contributed by atoms with van der Waals surface area (Å²) in [5.41, 5.74) is 1.43. The standard InChI is InChI=1S/C12H18O2/c1-3-10-6-5-7-11(10)8-9-12(13)14-4-2/h5-7,11H,3-4,8-9H2,1-2H3/t11-/m1/s1. The molecule has 2 heteroatoms. The molecule has 1 rings (SSSR count). The third-order valence-electron chi connectivity index (χ3n) is 2.50. The maximum Gasteiger partial charge on any atom is 0.305 e. The molecular weight excluding hydrogens is 176 g/mol. The van der Waals surface area contributed by atoms with Gasteiger partial charge in [0.2, 0.25) is 0 Å². The van der Waals surface area contributed by atoms with Gasteiger partial charge in [0.15, 0.2) is 0 Å². The van der Waals surface area contributed by atoms with Crippen LogP contribution in [0.1, 0.15) is 33.1 Å². The van der Waals surface area contributed by atoms with Crippen LogP contribution < -0.4 is 0 Å². The molecule has 1 aliphatic carbocycles. The lowest BCUT2D eigenvalue weighted by atomic mass is 9.95. The molecule has 0 bridgehead atoms. The third kappa shape index (κ3) is 3.02. The minimum atomic E-state index is -0.0803. The number of allylic oxidation sites excluding steroid dienone is 4. The summed E-state index contributed by atoms with van der Waals surface area (Å²) in [5.74, 6) is 0.382. The van der Waals surface area contributed by atoms with Crippen molar-refractivity contribution in [3.63, 3.8) is 0 Å². The first-order valence-corrected chi connectivity index (χ1v) is 5.30. The zero-order chi connectivity index (χ0) is 10.4. The molecule has 0 radical (unpaired) electrons. The van der Waals surface area contributed by atoms with Crippen molar-refractivity contribution in [1.82, 2.24) is 0 Å². The van der Waals surface area contributed by atoms with Crippen LogP contribution >= 0.6 is 0 Å². The quantitative estimate of drug-likeness (QED) is 0.629. The Labute approximate surface area is 85.6 Å². The van der Waals surface area contributed by atoms with Crippen LogP contribution in [-0.2, 0) is 9.53 Å². The summed E-state index contributed by atoms with van der Waals surface area (Å²) in [7, 11) is 0. The first-order chi connectivity index (χ1) is 6.77. The monoisotopic (exact) mass is 194 g/mol. The second-order valence-electron chi connectivity index (χ2n) is 3.43. The molecule has 1 atom stereocenters. The van der Waals surface area contributed by atoms with E-state index in [1.165, 1.54) is 5.57 Å². The summed E-state index contributed by atoms with van der Waals surface area (Å²) >= 11 is 0. The number of hydrogen-bond donors (Lipinski definition) is 0. The highest BCUT2D eigenvalue weighted by Crippen LogP contribution is 2.26. The number of rotatable bonds is 5. The Kier molecular flexibility index (Phi) is 4.44. The summed E-state index contributed by atoms with van der Waals surface area (Å²) in [6.07, 6.45) is 8.87. The molecule has 0 amide bonds. The van der Waals surface area contributed by atoms with E-state index in [1.54, 1.807) is 0 Å². The fraction of sp³-hybridized carbons (Fsp3) is 0.583. The predicted molar refractivity (Wildman–Crippen MR) is 56.9 cm³/mol. The predicted octanol–water partition coefficient (Wildman–Crippen LogP) is 2.85. The Hall–Kier alpha value is -1.05. The minimum Gasteiger partial charge on any atom is -0.466 e. The fourth-order valence-corrected chi connectivity index (χ4v) is 1.73. The van der Waals surface area contributed by atoms with Gasteiger partial charge in [-0.1, -0.05) is 30.7 Å². The van der Waals surface area contributed by atoms with E-state index in [0.717, 1.165) is 12.8 Å². The Morgan fingerprint density at radius 1 is 1.50 bits per heavy atom. The normalized spacial score (nSPS) is 19.6. The van der Waals surface area contributed by atoms with Gasteiger partial charge < -0.3 is 4.74 Å². The van der Waals surface area contributed by atoms with Gasteiger partial charge in [0.05, 0.1) is 6.61 Å². The molecule has 0 saturated heterocycles. The SMILES string of the molecule is CCOC(=O)CC[C@H]1C=CC=C1CC. The van der Waals surface area contributed by atoms with Gasteiger partial charge in [-0.2, -0.15) is 0 Å². The second kappa shape index (κ2) is 5.63. The van der Waals surface area contributed by atoms with Crippen LogP contribution in [0, 0.1) is 5.92 Å². The molecular formula is C12H18O2. The number of ether oxygens (including phenoxy) is 1. The highest BCUT2D eigenvalue weighted by atomic mass is 16.5. The molecule has 14 heavy (non-hydrogen) atoms. The van der Waals surface area contributed by atoms with Crippen molar-refractivity contribution in [2.75, 3.05) is 6.61 Å². The molecule has 2 nitrogen and oxygen atoms in total. The zero-order valence-corrected chi connectivity index (χ0v) is 8.95. The van der Waals surface area contributed by atoms with Crippen LogP contribution in [0.15, 0.2) is 23.8 Å². The molecule has 0 fully saturated rings. The lowest BCUT2D eigenvalue weighted by molar-refractivity contribution is -0.143. The van der Waals surface area contributed by atoms with E-state index in [1.807, 2.05) is 6.92 Å². The maximum absolute atomic E-state index is 11.1. The van der Waals surface area contributed by atoms with Crippen LogP contribution in [-0.4, -0.2) is 12.6 Å². The molecule has 0 aromatic rings. The Morgan fingerprint density at radius 2 is 2.29 bits per heavy atom. The van der Waals surface area contributed by atoms with Crippen molar-refractivity contribution in [3.8, 4) is 0 Å². The minimum absolute atomic E-state index is 0.0803. The molecule has 0 unspecified atom stereocenters. The molecule has 1 aliphatic rings. The number of hydrogen-bond acceptors (Lipinski definition) is 2. The Morgan fingerprint density at radius 3 is 2.93 bits per heavy atom. The Balaban J connectivity index is 2.28. The first kappa shape index (κ1) is 11.0. The smallest absolute Gasteiger partial charge is 0.305 e. The van der Waals surface area contributed by atoms with Gasteiger partial charge in [0.25, 0.3) is 0 Å². The number of carbonyl (C=O) groups excluding carboxylic acids is 1. The van der Waals surface area contributed by atoms with E-state index in [4.69, 9.17) is 4.74 Å². The van der Waals surface area contributed by atoms with Gasteiger partial charge in [0.1, 0.15) is 0 Å². The van der Waals surface area contributed by atoms with Crippen molar-refractivity contribution in [2.24, 2.45) is 5.92 Å². The molecule has 0 N–H and O–H groups in total. The van der Waals surface area contributed by atoms with Gasteiger partial charge in [0, 0.05) is 6.42 Å². The lowest BCUT2D eigenvalue weighted by Crippen LogP contribution is -2.07. The average molecular weight is 194 g/mol. The van der Waals surface area contributed by atoms with Gasteiger partial charge in [-0.3, -0.25) is 4.79 Å². The zero-order valence-electron chi connectivity index (χ0n) is 8.95. The van der Waals surface area contributed by atoms with E-state index in [-0.39, 0.29) is 5.97 Å². The van der Waals surface area contributed by atoms with Crippen molar-refractivity contribution in [1.29, 1.82) is 0 Å². The Bertz CT molecular complexity index is 251. The van der Waals surface area contributed by atoms with Crippen molar-refractivity contribution < 1.29 is 9.53 Å². The lowest BCUT2D eigenvalue weighted by Gasteiger charge is -2.11. The highest BCUT2D eigenvalue weighted by Gasteiger charge is 2.14. The fourth-order valence-electron chi connectivity index (χ4n) is 1.73. The first-order valence-electron chi connectivity index (χ1n) is 5.30.